The van der Waals surface area contributed by atoms with Gasteiger partial charge in [0.25, 0.3) is 0 Å². The van der Waals surface area contributed by atoms with Crippen LogP contribution in [0.3, 0.4) is 0 Å². The van der Waals surface area contributed by atoms with Crippen molar-refractivity contribution in [2.24, 2.45) is 0 Å². The molecule has 1 aromatic heterocycles. The maximum atomic E-state index is 14.1. The fourth-order valence-corrected chi connectivity index (χ4v) is 5.24. The third-order valence-electron chi connectivity index (χ3n) is 6.50. The molecule has 0 aliphatic heterocycles. The molecule has 1 heterocycles. The molecule has 15 heteroatoms. The quantitative estimate of drug-likeness (QED) is 0.126. The van der Waals surface area contributed by atoms with E-state index in [2.05, 4.69) is 10.1 Å². The van der Waals surface area contributed by atoms with Crippen LogP contribution in [0.15, 0.2) is 83.4 Å². The molecule has 0 saturated carbocycles. The zero-order valence-corrected chi connectivity index (χ0v) is 23.0. The van der Waals surface area contributed by atoms with E-state index in [4.69, 9.17) is 24.1 Å². The third-order valence-corrected chi connectivity index (χ3v) is 8.48. The van der Waals surface area contributed by atoms with Crippen molar-refractivity contribution < 1.29 is 50.8 Å². The molecular formula is C26H24F4N2O7P2. The summed E-state index contributed by atoms with van der Waals surface area (Å²) < 4.78 is 84.6. The Kier molecular flexibility index (Phi) is 8.18. The fraction of sp³-hybridized carbons (Fsp3) is 0.231. The fourth-order valence-electron chi connectivity index (χ4n) is 4.27. The van der Waals surface area contributed by atoms with E-state index in [0.29, 0.717) is 16.7 Å². The number of hydrogen-bond donors (Lipinski definition) is 4. The number of benzene rings is 3. The third kappa shape index (κ3) is 6.35. The first-order chi connectivity index (χ1) is 18.9. The van der Waals surface area contributed by atoms with Crippen LogP contribution in [0, 0.1) is 0 Å². The van der Waals surface area contributed by atoms with Crippen LogP contribution in [0.1, 0.15) is 35.1 Å². The Bertz CT molecular complexity index is 1520. The van der Waals surface area contributed by atoms with Crippen LogP contribution in [0.2, 0.25) is 0 Å². The summed E-state index contributed by atoms with van der Waals surface area (Å²) in [6, 6.07) is 17.5. The Morgan fingerprint density at radius 1 is 0.707 bits per heavy atom. The van der Waals surface area contributed by atoms with Crippen LogP contribution in [0.5, 0.6) is 0 Å². The Hall–Kier alpha value is -3.18. The van der Waals surface area contributed by atoms with E-state index in [9.17, 15) is 26.7 Å². The van der Waals surface area contributed by atoms with Crippen molar-refractivity contribution in [2.75, 3.05) is 0 Å². The summed E-state index contributed by atoms with van der Waals surface area (Å²) in [5.41, 5.74) is -10.0. The van der Waals surface area contributed by atoms with Gasteiger partial charge in [-0.1, -0.05) is 90.9 Å². The molecule has 218 valence electrons. The van der Waals surface area contributed by atoms with Crippen molar-refractivity contribution in [3.63, 3.8) is 0 Å². The van der Waals surface area contributed by atoms with Crippen LogP contribution in [-0.2, 0) is 38.7 Å². The van der Waals surface area contributed by atoms with Gasteiger partial charge in [0.05, 0.1) is 5.41 Å². The second kappa shape index (κ2) is 10.9. The van der Waals surface area contributed by atoms with E-state index in [1.165, 1.54) is 24.3 Å². The van der Waals surface area contributed by atoms with Crippen LogP contribution in [0.4, 0.5) is 17.6 Å². The molecule has 3 aromatic carbocycles. The number of rotatable bonds is 10. The lowest BCUT2D eigenvalue weighted by atomic mass is 9.78. The maximum absolute atomic E-state index is 14.1. The summed E-state index contributed by atoms with van der Waals surface area (Å²) in [7, 11) is -11.5. The SMILES string of the molecule is CC(Cc1ccc(C(F)(F)P(=O)(O)O)cc1)(Cc1ccc(C(F)(F)P(=O)(O)O)cc1)c1nc(-c2ccccc2)no1. The van der Waals surface area contributed by atoms with Crippen LogP contribution < -0.4 is 0 Å². The summed E-state index contributed by atoms with van der Waals surface area (Å²) in [6.45, 7) is 1.71. The van der Waals surface area contributed by atoms with Gasteiger partial charge in [-0.15, -0.1) is 0 Å². The molecule has 9 nitrogen and oxygen atoms in total. The van der Waals surface area contributed by atoms with Gasteiger partial charge in [0, 0.05) is 16.7 Å². The predicted molar refractivity (Wildman–Crippen MR) is 139 cm³/mol. The Morgan fingerprint density at radius 2 is 1.12 bits per heavy atom. The highest BCUT2D eigenvalue weighted by atomic mass is 31.2. The summed E-state index contributed by atoms with van der Waals surface area (Å²) >= 11 is 0. The lowest BCUT2D eigenvalue weighted by molar-refractivity contribution is 0.0564. The molecule has 0 unspecified atom stereocenters. The van der Waals surface area contributed by atoms with Crippen molar-refractivity contribution in [1.82, 2.24) is 10.1 Å². The molecule has 0 bridgehead atoms. The first kappa shape index (κ1) is 30.8. The zero-order valence-electron chi connectivity index (χ0n) is 21.2. The summed E-state index contributed by atoms with van der Waals surface area (Å²) in [5.74, 6) is 0.394. The lowest BCUT2D eigenvalue weighted by Gasteiger charge is -2.27. The molecule has 0 radical (unpaired) electrons. The molecule has 0 amide bonds. The molecule has 0 atom stereocenters. The molecule has 4 N–H and O–H groups in total. The van der Waals surface area contributed by atoms with Gasteiger partial charge in [-0.25, -0.2) is 0 Å². The predicted octanol–water partition coefficient (Wildman–Crippen LogP) is 5.93. The molecule has 4 rings (SSSR count). The molecule has 0 aliphatic rings. The van der Waals surface area contributed by atoms with Crippen molar-refractivity contribution in [3.05, 3.63) is 107 Å². The van der Waals surface area contributed by atoms with Crippen molar-refractivity contribution >= 4 is 15.2 Å². The van der Waals surface area contributed by atoms with Crippen molar-refractivity contribution in [1.29, 1.82) is 0 Å². The molecule has 0 saturated heterocycles. The summed E-state index contributed by atoms with van der Waals surface area (Å²) in [5, 5.41) is 4.03. The normalized spacial score (nSPS) is 13.4. The minimum absolute atomic E-state index is 0.0889. The average molecular weight is 614 g/mol. The molecular weight excluding hydrogens is 590 g/mol. The van der Waals surface area contributed by atoms with Crippen LogP contribution in [0.25, 0.3) is 11.4 Å². The van der Waals surface area contributed by atoms with E-state index in [0.717, 1.165) is 24.3 Å². The van der Waals surface area contributed by atoms with Crippen molar-refractivity contribution in [2.45, 2.75) is 36.5 Å². The summed E-state index contributed by atoms with van der Waals surface area (Å²) in [6.07, 6.45) is 0.178. The largest absolute Gasteiger partial charge is 0.399 e. The van der Waals surface area contributed by atoms with Gasteiger partial charge in [0.15, 0.2) is 0 Å². The number of aromatic nitrogens is 2. The molecule has 0 spiro atoms. The average Bonchev–Trinajstić information content (AvgIpc) is 3.40. The zero-order chi connectivity index (χ0) is 30.3. The van der Waals surface area contributed by atoms with Gasteiger partial charge in [-0.3, -0.25) is 9.13 Å². The second-order valence-corrected chi connectivity index (χ2v) is 13.1. The standard InChI is InChI=1S/C26H24F4N2O7P2/c1-24(23-31-22(32-39-23)19-5-3-2-4-6-19,15-17-7-11-20(12-8-17)25(27,28)40(33,34)35)16-18-9-13-21(14-10-18)26(29,30)41(36,37)38/h2-14H,15-16H2,1H3,(H2,33,34,35)(H2,36,37,38). The highest BCUT2D eigenvalue weighted by Gasteiger charge is 2.51. The van der Waals surface area contributed by atoms with Crippen LogP contribution >= 0.6 is 15.2 Å². The Morgan fingerprint density at radius 3 is 1.51 bits per heavy atom. The van der Waals surface area contributed by atoms with Gasteiger partial charge in [-0.2, -0.15) is 22.5 Å². The van der Waals surface area contributed by atoms with Crippen molar-refractivity contribution in [3.8, 4) is 11.4 Å². The smallest absolute Gasteiger partial charge is 0.338 e. The van der Waals surface area contributed by atoms with Gasteiger partial charge < -0.3 is 24.1 Å². The molecule has 0 fully saturated rings. The highest BCUT2D eigenvalue weighted by Crippen LogP contribution is 2.60. The van der Waals surface area contributed by atoms with E-state index in [1.807, 2.05) is 0 Å². The monoisotopic (exact) mass is 614 g/mol. The number of nitrogens with zero attached hydrogens (tertiary/aromatic N) is 2. The second-order valence-electron chi connectivity index (χ2n) is 9.77. The highest BCUT2D eigenvalue weighted by molar-refractivity contribution is 7.52. The molecule has 0 aliphatic carbocycles. The molecule has 41 heavy (non-hydrogen) atoms. The van der Waals surface area contributed by atoms with Crippen LogP contribution in [-0.4, -0.2) is 29.7 Å². The van der Waals surface area contributed by atoms with Gasteiger partial charge in [0.2, 0.25) is 11.7 Å². The van der Waals surface area contributed by atoms with E-state index in [-0.39, 0.29) is 24.6 Å². The van der Waals surface area contributed by atoms with E-state index in [1.54, 1.807) is 37.3 Å². The maximum Gasteiger partial charge on any atom is 0.399 e. The Balaban J connectivity index is 1.69. The summed E-state index contributed by atoms with van der Waals surface area (Å²) in [4.78, 5) is 40.6. The van der Waals surface area contributed by atoms with E-state index >= 15 is 0 Å². The number of hydrogen-bond acceptors (Lipinski definition) is 5. The van der Waals surface area contributed by atoms with Gasteiger partial charge >= 0.3 is 26.5 Å². The topological polar surface area (TPSA) is 154 Å². The number of halogens is 4. The first-order valence-electron chi connectivity index (χ1n) is 11.9. The minimum Gasteiger partial charge on any atom is -0.338 e. The lowest BCUT2D eigenvalue weighted by Crippen LogP contribution is -2.29. The first-order valence-corrected chi connectivity index (χ1v) is 15.1. The van der Waals surface area contributed by atoms with Gasteiger partial charge in [0.1, 0.15) is 0 Å². The van der Waals surface area contributed by atoms with E-state index < -0.39 is 43.1 Å². The number of alkyl halides is 4. The minimum atomic E-state index is -5.76. The molecule has 4 aromatic rings. The van der Waals surface area contributed by atoms with Gasteiger partial charge in [-0.05, 0) is 24.0 Å². The Labute approximate surface area is 231 Å².